The van der Waals surface area contributed by atoms with Crippen LogP contribution in [0, 0.1) is 0 Å². The van der Waals surface area contributed by atoms with Crippen molar-refractivity contribution in [2.75, 3.05) is 18.4 Å². The lowest BCUT2D eigenvalue weighted by molar-refractivity contribution is -0.130. The van der Waals surface area contributed by atoms with Crippen LogP contribution < -0.4 is 5.32 Å². The molecule has 26 heavy (non-hydrogen) atoms. The maximum atomic E-state index is 12.7. The molecule has 1 atom stereocenters. The molecule has 7 nitrogen and oxygen atoms in total. The molecule has 0 saturated carbocycles. The minimum Gasteiger partial charge on any atom is -0.352 e. The zero-order chi connectivity index (χ0) is 18.1. The van der Waals surface area contributed by atoms with Gasteiger partial charge in [0.15, 0.2) is 11.0 Å². The first-order chi connectivity index (χ1) is 12.6. The molecule has 1 saturated heterocycles. The molecule has 8 heteroatoms. The number of nitrogens with zero attached hydrogens (tertiary/aromatic N) is 4. The number of para-hydroxylation sites is 1. The quantitative estimate of drug-likeness (QED) is 0.738. The Balaban J connectivity index is 1.42. The molecule has 3 heterocycles. The van der Waals surface area contributed by atoms with Crippen molar-refractivity contribution in [2.24, 2.45) is 0 Å². The first kappa shape index (κ1) is 17.0. The zero-order valence-electron chi connectivity index (χ0n) is 14.8. The van der Waals surface area contributed by atoms with Crippen LogP contribution in [0.25, 0.3) is 10.2 Å². The highest BCUT2D eigenvalue weighted by Crippen LogP contribution is 2.32. The van der Waals surface area contributed by atoms with Gasteiger partial charge in [0.2, 0.25) is 11.8 Å². The second-order valence-corrected chi connectivity index (χ2v) is 7.76. The molecule has 1 fully saturated rings. The standard InChI is InChI=1S/C18H21N5O2S/c1-11(2)16-21-17(25-22-16)13-7-5-9-23(13)15(24)10-19-18-20-12-6-3-4-8-14(12)26-18/h3-4,6,8,11,13H,5,7,9-10H2,1-2H3,(H,19,20). The highest BCUT2D eigenvalue weighted by Gasteiger charge is 2.34. The molecule has 3 aromatic rings. The molecule has 2 aromatic heterocycles. The van der Waals surface area contributed by atoms with E-state index in [0.717, 1.165) is 28.2 Å². The topological polar surface area (TPSA) is 84.2 Å². The van der Waals surface area contributed by atoms with E-state index in [-0.39, 0.29) is 24.4 Å². The number of nitrogens with one attached hydrogen (secondary N) is 1. The summed E-state index contributed by atoms with van der Waals surface area (Å²) in [6.45, 7) is 4.97. The van der Waals surface area contributed by atoms with E-state index in [1.807, 2.05) is 43.0 Å². The number of amides is 1. The van der Waals surface area contributed by atoms with E-state index in [4.69, 9.17) is 4.52 Å². The molecule has 0 spiro atoms. The third-order valence-corrected chi connectivity index (χ3v) is 5.51. The summed E-state index contributed by atoms with van der Waals surface area (Å²) in [6, 6.07) is 7.82. The van der Waals surface area contributed by atoms with Crippen molar-refractivity contribution in [2.45, 2.75) is 38.6 Å². The third kappa shape index (κ3) is 3.29. The van der Waals surface area contributed by atoms with Crippen molar-refractivity contribution in [3.63, 3.8) is 0 Å². The van der Waals surface area contributed by atoms with E-state index in [9.17, 15) is 4.79 Å². The summed E-state index contributed by atoms with van der Waals surface area (Å²) in [4.78, 5) is 23.5. The van der Waals surface area contributed by atoms with Gasteiger partial charge < -0.3 is 14.7 Å². The molecular weight excluding hydrogens is 350 g/mol. The van der Waals surface area contributed by atoms with Crippen molar-refractivity contribution in [3.05, 3.63) is 36.0 Å². The molecule has 1 aromatic carbocycles. The van der Waals surface area contributed by atoms with Gasteiger partial charge in [0.05, 0.1) is 16.8 Å². The van der Waals surface area contributed by atoms with Gasteiger partial charge in [-0.05, 0) is 25.0 Å². The van der Waals surface area contributed by atoms with Crippen LogP contribution in [-0.4, -0.2) is 39.0 Å². The van der Waals surface area contributed by atoms with Gasteiger partial charge >= 0.3 is 0 Å². The van der Waals surface area contributed by atoms with E-state index >= 15 is 0 Å². The number of fused-ring (bicyclic) bond motifs is 1. The molecule has 1 N–H and O–H groups in total. The van der Waals surface area contributed by atoms with Crippen molar-refractivity contribution in [1.82, 2.24) is 20.0 Å². The molecule has 1 unspecified atom stereocenters. The van der Waals surface area contributed by atoms with Crippen molar-refractivity contribution < 1.29 is 9.32 Å². The maximum absolute atomic E-state index is 12.7. The monoisotopic (exact) mass is 371 g/mol. The summed E-state index contributed by atoms with van der Waals surface area (Å²) >= 11 is 1.55. The number of benzene rings is 1. The Morgan fingerprint density at radius 3 is 3.00 bits per heavy atom. The fraction of sp³-hybridized carbons (Fsp3) is 0.444. The number of aromatic nitrogens is 3. The zero-order valence-corrected chi connectivity index (χ0v) is 15.6. The largest absolute Gasteiger partial charge is 0.352 e. The van der Waals surface area contributed by atoms with Crippen LogP contribution in [0.2, 0.25) is 0 Å². The minimum absolute atomic E-state index is 0.0241. The van der Waals surface area contributed by atoms with E-state index in [1.54, 1.807) is 11.3 Å². The van der Waals surface area contributed by atoms with Crippen LogP contribution in [0.1, 0.15) is 50.4 Å². The fourth-order valence-electron chi connectivity index (χ4n) is 3.14. The smallest absolute Gasteiger partial charge is 0.249 e. The Morgan fingerprint density at radius 1 is 1.38 bits per heavy atom. The van der Waals surface area contributed by atoms with Gasteiger partial charge in [-0.15, -0.1) is 0 Å². The van der Waals surface area contributed by atoms with Crippen molar-refractivity contribution in [1.29, 1.82) is 0 Å². The number of rotatable bonds is 5. The van der Waals surface area contributed by atoms with Crippen molar-refractivity contribution >= 4 is 32.6 Å². The summed E-state index contributed by atoms with van der Waals surface area (Å²) in [5.41, 5.74) is 0.943. The van der Waals surface area contributed by atoms with Gasteiger partial charge in [0.1, 0.15) is 6.04 Å². The predicted octanol–water partition coefficient (Wildman–Crippen LogP) is 3.58. The van der Waals surface area contributed by atoms with Gasteiger partial charge in [0, 0.05) is 12.5 Å². The Kier molecular flexibility index (Phi) is 4.58. The Hall–Kier alpha value is -2.48. The second-order valence-electron chi connectivity index (χ2n) is 6.73. The number of carbonyl (C=O) groups excluding carboxylic acids is 1. The summed E-state index contributed by atoms with van der Waals surface area (Å²) in [5, 5.41) is 7.94. The maximum Gasteiger partial charge on any atom is 0.249 e. The number of likely N-dealkylation sites (tertiary alicyclic amines) is 1. The summed E-state index contributed by atoms with van der Waals surface area (Å²) in [5.74, 6) is 1.46. The lowest BCUT2D eigenvalue weighted by Gasteiger charge is -2.21. The molecule has 4 rings (SSSR count). The highest BCUT2D eigenvalue weighted by molar-refractivity contribution is 7.22. The molecule has 0 aliphatic carbocycles. The van der Waals surface area contributed by atoms with E-state index < -0.39 is 0 Å². The summed E-state index contributed by atoms with van der Waals surface area (Å²) in [7, 11) is 0. The summed E-state index contributed by atoms with van der Waals surface area (Å²) in [6.07, 6.45) is 1.80. The summed E-state index contributed by atoms with van der Waals surface area (Å²) < 4.78 is 6.51. The number of thiazole rings is 1. The van der Waals surface area contributed by atoms with Crippen molar-refractivity contribution in [3.8, 4) is 0 Å². The fourth-order valence-corrected chi connectivity index (χ4v) is 4.00. The molecular formula is C18H21N5O2S. The van der Waals surface area contributed by atoms with Crippen LogP contribution >= 0.6 is 11.3 Å². The second kappa shape index (κ2) is 7.03. The van der Waals surface area contributed by atoms with Gasteiger partial charge in [-0.2, -0.15) is 4.98 Å². The van der Waals surface area contributed by atoms with Gasteiger partial charge in [-0.25, -0.2) is 4.98 Å². The molecule has 1 aliphatic rings. The predicted molar refractivity (Wildman–Crippen MR) is 100 cm³/mol. The number of carbonyl (C=O) groups is 1. The normalized spacial score (nSPS) is 17.3. The Labute approximate surface area is 155 Å². The number of anilines is 1. The first-order valence-electron chi connectivity index (χ1n) is 8.84. The molecule has 1 aliphatic heterocycles. The third-order valence-electron chi connectivity index (χ3n) is 4.52. The van der Waals surface area contributed by atoms with Crippen LogP contribution in [0.5, 0.6) is 0 Å². The highest BCUT2D eigenvalue weighted by atomic mass is 32.1. The van der Waals surface area contributed by atoms with Gasteiger partial charge in [0.25, 0.3) is 0 Å². The Bertz CT molecular complexity index is 886. The molecule has 0 bridgehead atoms. The molecule has 1 amide bonds. The van der Waals surface area contributed by atoms with Crippen LogP contribution in [0.3, 0.4) is 0 Å². The first-order valence-corrected chi connectivity index (χ1v) is 9.66. The van der Waals surface area contributed by atoms with Crippen LogP contribution in [0.4, 0.5) is 5.13 Å². The molecule has 0 radical (unpaired) electrons. The van der Waals surface area contributed by atoms with Gasteiger partial charge in [-0.3, -0.25) is 4.79 Å². The minimum atomic E-state index is -0.125. The van der Waals surface area contributed by atoms with Gasteiger partial charge in [-0.1, -0.05) is 42.5 Å². The average Bonchev–Trinajstić information content (AvgIpc) is 3.37. The number of hydrogen-bond donors (Lipinski definition) is 1. The lowest BCUT2D eigenvalue weighted by atomic mass is 10.2. The van der Waals surface area contributed by atoms with Crippen LogP contribution in [-0.2, 0) is 4.79 Å². The van der Waals surface area contributed by atoms with E-state index in [2.05, 4.69) is 20.4 Å². The lowest BCUT2D eigenvalue weighted by Crippen LogP contribution is -2.35. The Morgan fingerprint density at radius 2 is 2.23 bits per heavy atom. The van der Waals surface area contributed by atoms with Crippen LogP contribution in [0.15, 0.2) is 28.8 Å². The average molecular weight is 371 g/mol. The van der Waals surface area contributed by atoms with E-state index in [0.29, 0.717) is 18.3 Å². The van der Waals surface area contributed by atoms with E-state index in [1.165, 1.54) is 0 Å². The number of hydrogen-bond acceptors (Lipinski definition) is 7. The molecule has 136 valence electrons. The SMILES string of the molecule is CC(C)c1noc(C2CCCN2C(=O)CNc2nc3ccccc3s2)n1.